The lowest BCUT2D eigenvalue weighted by Gasteiger charge is -2.08. The van der Waals surface area contributed by atoms with E-state index in [0.29, 0.717) is 23.4 Å². The Morgan fingerprint density at radius 1 is 1.24 bits per heavy atom. The molecule has 0 atom stereocenters. The van der Waals surface area contributed by atoms with Gasteiger partial charge in [-0.05, 0) is 30.7 Å². The maximum atomic E-state index is 12.1. The molecule has 2 rings (SSSR count). The number of rotatable bonds is 6. The second kappa shape index (κ2) is 8.08. The average molecular weight is 298 g/mol. The van der Waals surface area contributed by atoms with Crippen LogP contribution in [-0.4, -0.2) is 17.6 Å². The van der Waals surface area contributed by atoms with Crippen molar-refractivity contribution in [2.24, 2.45) is 0 Å². The van der Waals surface area contributed by atoms with Gasteiger partial charge in [-0.15, -0.1) is 0 Å². The SMILES string of the molecule is N#CCCCOC(=O)c1cccnc1Sc1ccccc1. The zero-order valence-corrected chi connectivity index (χ0v) is 12.2. The normalized spacial score (nSPS) is 9.86. The van der Waals surface area contributed by atoms with Crippen LogP contribution in [0.5, 0.6) is 0 Å². The molecule has 0 N–H and O–H groups in total. The van der Waals surface area contributed by atoms with Crippen LogP contribution in [0.2, 0.25) is 0 Å². The van der Waals surface area contributed by atoms with E-state index in [4.69, 9.17) is 10.00 Å². The van der Waals surface area contributed by atoms with Crippen LogP contribution in [0.25, 0.3) is 0 Å². The highest BCUT2D eigenvalue weighted by Crippen LogP contribution is 2.28. The molecule has 0 unspecified atom stereocenters. The molecule has 1 heterocycles. The van der Waals surface area contributed by atoms with E-state index in [1.807, 2.05) is 36.4 Å². The molecule has 0 amide bonds. The number of ether oxygens (including phenoxy) is 1. The van der Waals surface area contributed by atoms with Gasteiger partial charge in [0, 0.05) is 17.5 Å². The number of nitriles is 1. The maximum Gasteiger partial charge on any atom is 0.340 e. The van der Waals surface area contributed by atoms with Crippen LogP contribution in [0.15, 0.2) is 58.6 Å². The molecule has 106 valence electrons. The van der Waals surface area contributed by atoms with Gasteiger partial charge in [-0.1, -0.05) is 30.0 Å². The smallest absolute Gasteiger partial charge is 0.340 e. The summed E-state index contributed by atoms with van der Waals surface area (Å²) in [5.41, 5.74) is 0.448. The van der Waals surface area contributed by atoms with E-state index in [1.165, 1.54) is 11.8 Å². The molecular weight excluding hydrogens is 284 g/mol. The van der Waals surface area contributed by atoms with Gasteiger partial charge >= 0.3 is 5.97 Å². The maximum absolute atomic E-state index is 12.1. The highest BCUT2D eigenvalue weighted by atomic mass is 32.2. The number of nitrogens with zero attached hydrogens (tertiary/aromatic N) is 2. The van der Waals surface area contributed by atoms with Crippen molar-refractivity contribution in [2.75, 3.05) is 6.61 Å². The number of carbonyl (C=O) groups is 1. The van der Waals surface area contributed by atoms with Crippen molar-refractivity contribution in [1.82, 2.24) is 4.98 Å². The van der Waals surface area contributed by atoms with Crippen LogP contribution in [0.1, 0.15) is 23.2 Å². The third-order valence-corrected chi connectivity index (χ3v) is 3.64. The first-order chi connectivity index (χ1) is 10.3. The molecule has 2 aromatic rings. The number of aromatic nitrogens is 1. The molecule has 5 heteroatoms. The predicted octanol–water partition coefficient (Wildman–Crippen LogP) is 3.69. The van der Waals surface area contributed by atoms with E-state index >= 15 is 0 Å². The lowest BCUT2D eigenvalue weighted by atomic mass is 10.3. The Bertz CT molecular complexity index is 638. The van der Waals surface area contributed by atoms with Crippen LogP contribution in [0, 0.1) is 11.3 Å². The Morgan fingerprint density at radius 3 is 2.81 bits per heavy atom. The molecule has 0 spiro atoms. The molecule has 0 saturated carbocycles. The molecule has 1 aromatic heterocycles. The summed E-state index contributed by atoms with van der Waals surface area (Å²) in [5.74, 6) is -0.403. The Labute approximate surface area is 127 Å². The highest BCUT2D eigenvalue weighted by molar-refractivity contribution is 7.99. The standard InChI is InChI=1S/C16H14N2O2S/c17-10-4-5-12-20-16(19)14-9-6-11-18-15(14)21-13-7-2-1-3-8-13/h1-3,6-9,11H,4-5,12H2. The molecule has 21 heavy (non-hydrogen) atoms. The van der Waals surface area contributed by atoms with E-state index in [0.717, 1.165) is 4.90 Å². The summed E-state index contributed by atoms with van der Waals surface area (Å²) in [7, 11) is 0. The van der Waals surface area contributed by atoms with Crippen molar-refractivity contribution in [3.8, 4) is 6.07 Å². The Hall–Kier alpha value is -2.32. The van der Waals surface area contributed by atoms with Gasteiger partial charge in [0.15, 0.2) is 0 Å². The van der Waals surface area contributed by atoms with E-state index in [1.54, 1.807) is 18.3 Å². The van der Waals surface area contributed by atoms with Crippen molar-refractivity contribution < 1.29 is 9.53 Å². The van der Waals surface area contributed by atoms with Crippen molar-refractivity contribution in [3.05, 3.63) is 54.2 Å². The summed E-state index contributed by atoms with van der Waals surface area (Å²) >= 11 is 1.42. The van der Waals surface area contributed by atoms with Gasteiger partial charge in [0.25, 0.3) is 0 Å². The first-order valence-electron chi connectivity index (χ1n) is 6.53. The Morgan fingerprint density at radius 2 is 2.05 bits per heavy atom. The third-order valence-electron chi connectivity index (χ3n) is 2.61. The molecule has 4 nitrogen and oxygen atoms in total. The summed E-state index contributed by atoms with van der Waals surface area (Å²) in [4.78, 5) is 17.3. The molecule has 0 fully saturated rings. The summed E-state index contributed by atoms with van der Waals surface area (Å²) in [6, 6.07) is 15.2. The van der Waals surface area contributed by atoms with E-state index in [-0.39, 0.29) is 6.61 Å². The van der Waals surface area contributed by atoms with Crippen molar-refractivity contribution in [1.29, 1.82) is 5.26 Å². The minimum Gasteiger partial charge on any atom is -0.462 e. The number of unbranched alkanes of at least 4 members (excludes halogenated alkanes) is 1. The van der Waals surface area contributed by atoms with Gasteiger partial charge in [0.2, 0.25) is 0 Å². The van der Waals surface area contributed by atoms with E-state index in [9.17, 15) is 4.79 Å². The van der Waals surface area contributed by atoms with Crippen molar-refractivity contribution >= 4 is 17.7 Å². The number of esters is 1. The molecular formula is C16H14N2O2S. The van der Waals surface area contributed by atoms with Gasteiger partial charge in [-0.2, -0.15) is 5.26 Å². The van der Waals surface area contributed by atoms with Gasteiger partial charge in [-0.3, -0.25) is 0 Å². The molecule has 0 aliphatic rings. The molecule has 1 aromatic carbocycles. The van der Waals surface area contributed by atoms with Crippen LogP contribution >= 0.6 is 11.8 Å². The molecule has 0 aliphatic heterocycles. The highest BCUT2D eigenvalue weighted by Gasteiger charge is 2.14. The zero-order valence-electron chi connectivity index (χ0n) is 11.4. The summed E-state index contributed by atoms with van der Waals surface area (Å²) in [6.45, 7) is 0.247. The molecule has 0 radical (unpaired) electrons. The van der Waals surface area contributed by atoms with Crippen molar-refractivity contribution in [3.63, 3.8) is 0 Å². The second-order valence-corrected chi connectivity index (χ2v) is 5.23. The lowest BCUT2D eigenvalue weighted by molar-refractivity contribution is 0.0496. The topological polar surface area (TPSA) is 63.0 Å². The number of carbonyl (C=O) groups excluding carboxylic acids is 1. The monoisotopic (exact) mass is 298 g/mol. The number of benzene rings is 1. The zero-order chi connectivity index (χ0) is 14.9. The predicted molar refractivity (Wildman–Crippen MR) is 79.9 cm³/mol. The minimum absolute atomic E-state index is 0.247. The summed E-state index contributed by atoms with van der Waals surface area (Å²) in [6.07, 6.45) is 2.58. The number of hydrogen-bond donors (Lipinski definition) is 0. The largest absolute Gasteiger partial charge is 0.462 e. The lowest BCUT2D eigenvalue weighted by Crippen LogP contribution is -2.08. The first kappa shape index (κ1) is 15.1. The Balaban J connectivity index is 2.06. The van der Waals surface area contributed by atoms with Crippen LogP contribution < -0.4 is 0 Å². The van der Waals surface area contributed by atoms with Gasteiger partial charge < -0.3 is 4.74 Å². The van der Waals surface area contributed by atoms with Crippen LogP contribution in [0.4, 0.5) is 0 Å². The van der Waals surface area contributed by atoms with Gasteiger partial charge in [-0.25, -0.2) is 9.78 Å². The molecule has 0 bridgehead atoms. The minimum atomic E-state index is -0.403. The summed E-state index contributed by atoms with van der Waals surface area (Å²) < 4.78 is 5.17. The third kappa shape index (κ3) is 4.62. The van der Waals surface area contributed by atoms with Gasteiger partial charge in [0.1, 0.15) is 5.03 Å². The summed E-state index contributed by atoms with van der Waals surface area (Å²) in [5, 5.41) is 9.07. The molecule has 0 saturated heterocycles. The first-order valence-corrected chi connectivity index (χ1v) is 7.35. The average Bonchev–Trinajstić information content (AvgIpc) is 2.53. The fourth-order valence-electron chi connectivity index (χ4n) is 1.62. The van der Waals surface area contributed by atoms with Crippen LogP contribution in [-0.2, 0) is 4.74 Å². The van der Waals surface area contributed by atoms with Gasteiger partial charge in [0.05, 0.1) is 18.2 Å². The molecule has 0 aliphatic carbocycles. The number of hydrogen-bond acceptors (Lipinski definition) is 5. The van der Waals surface area contributed by atoms with Crippen molar-refractivity contribution in [2.45, 2.75) is 22.8 Å². The van der Waals surface area contributed by atoms with E-state index < -0.39 is 5.97 Å². The quantitative estimate of drug-likeness (QED) is 0.601. The number of pyridine rings is 1. The van der Waals surface area contributed by atoms with E-state index in [2.05, 4.69) is 4.98 Å². The van der Waals surface area contributed by atoms with Crippen LogP contribution in [0.3, 0.4) is 0 Å². The Kier molecular flexibility index (Phi) is 5.80. The fourth-order valence-corrected chi connectivity index (χ4v) is 2.51. The second-order valence-electron chi connectivity index (χ2n) is 4.17. The fraction of sp³-hybridized carbons (Fsp3) is 0.188.